The van der Waals surface area contributed by atoms with Crippen molar-refractivity contribution in [2.75, 3.05) is 5.73 Å². The fraction of sp³-hybridized carbons (Fsp3) is 0.167. The van der Waals surface area contributed by atoms with Crippen LogP contribution in [0.5, 0.6) is 0 Å². The lowest BCUT2D eigenvalue weighted by molar-refractivity contribution is 0.0950. The summed E-state index contributed by atoms with van der Waals surface area (Å²) >= 11 is 0. The van der Waals surface area contributed by atoms with Gasteiger partial charge in [-0.25, -0.2) is 0 Å². The molecule has 0 fully saturated rings. The predicted molar refractivity (Wildman–Crippen MR) is 65.3 cm³/mol. The van der Waals surface area contributed by atoms with Gasteiger partial charge in [-0.2, -0.15) is 5.10 Å². The van der Waals surface area contributed by atoms with Crippen molar-refractivity contribution >= 4 is 11.6 Å². The van der Waals surface area contributed by atoms with Gasteiger partial charge in [0.05, 0.1) is 17.8 Å². The van der Waals surface area contributed by atoms with Crippen molar-refractivity contribution in [3.8, 4) is 0 Å². The van der Waals surface area contributed by atoms with Crippen molar-refractivity contribution < 1.29 is 4.79 Å². The molecule has 0 radical (unpaired) electrons. The standard InChI is InChI=1S/C12H14N4O/c1-8-3-2-4-10(13)11(8)12(17)14-7-9-5-6-15-16-9/h2-6H,7,13H2,1H3,(H,14,17)(H,15,16). The summed E-state index contributed by atoms with van der Waals surface area (Å²) in [7, 11) is 0. The number of carbonyl (C=O) groups excluding carboxylic acids is 1. The lowest BCUT2D eigenvalue weighted by atomic mass is 10.1. The fourth-order valence-corrected chi connectivity index (χ4v) is 1.65. The number of anilines is 1. The van der Waals surface area contributed by atoms with Gasteiger partial charge in [-0.05, 0) is 24.6 Å². The van der Waals surface area contributed by atoms with Gasteiger partial charge in [-0.3, -0.25) is 9.89 Å². The van der Waals surface area contributed by atoms with Crippen LogP contribution in [0.3, 0.4) is 0 Å². The molecule has 5 nitrogen and oxygen atoms in total. The molecule has 1 amide bonds. The Kier molecular flexibility index (Phi) is 3.09. The second-order valence-electron chi connectivity index (χ2n) is 3.80. The molecule has 0 saturated heterocycles. The molecule has 0 spiro atoms. The maximum absolute atomic E-state index is 12.0. The minimum Gasteiger partial charge on any atom is -0.398 e. The summed E-state index contributed by atoms with van der Waals surface area (Å²) in [5, 5.41) is 9.38. The van der Waals surface area contributed by atoms with Gasteiger partial charge in [0, 0.05) is 11.9 Å². The highest BCUT2D eigenvalue weighted by Crippen LogP contribution is 2.15. The van der Waals surface area contributed by atoms with E-state index in [1.165, 1.54) is 0 Å². The largest absolute Gasteiger partial charge is 0.398 e. The first-order valence-corrected chi connectivity index (χ1v) is 5.30. The lowest BCUT2D eigenvalue weighted by Crippen LogP contribution is -2.24. The highest BCUT2D eigenvalue weighted by atomic mass is 16.1. The number of aromatic amines is 1. The van der Waals surface area contributed by atoms with E-state index in [4.69, 9.17) is 5.73 Å². The second kappa shape index (κ2) is 4.69. The SMILES string of the molecule is Cc1cccc(N)c1C(=O)NCc1ccn[nH]1. The van der Waals surface area contributed by atoms with Crippen molar-refractivity contribution in [1.29, 1.82) is 0 Å². The summed E-state index contributed by atoms with van der Waals surface area (Å²) in [4.78, 5) is 12.0. The molecular formula is C12H14N4O. The highest BCUT2D eigenvalue weighted by Gasteiger charge is 2.11. The van der Waals surface area contributed by atoms with Crippen LogP contribution in [0.4, 0.5) is 5.69 Å². The number of hydrogen-bond donors (Lipinski definition) is 3. The van der Waals surface area contributed by atoms with Crippen LogP contribution in [0.2, 0.25) is 0 Å². The molecule has 2 aromatic rings. The van der Waals surface area contributed by atoms with Crippen LogP contribution in [0.15, 0.2) is 30.5 Å². The zero-order chi connectivity index (χ0) is 12.3. The molecular weight excluding hydrogens is 216 g/mol. The predicted octanol–water partition coefficient (Wildman–Crippen LogP) is 1.23. The average Bonchev–Trinajstić information content (AvgIpc) is 2.79. The topological polar surface area (TPSA) is 83.8 Å². The van der Waals surface area contributed by atoms with E-state index in [0.29, 0.717) is 17.8 Å². The number of amides is 1. The van der Waals surface area contributed by atoms with Crippen molar-refractivity contribution in [1.82, 2.24) is 15.5 Å². The minimum absolute atomic E-state index is 0.171. The van der Waals surface area contributed by atoms with E-state index in [0.717, 1.165) is 11.3 Å². The first kappa shape index (κ1) is 11.2. The summed E-state index contributed by atoms with van der Waals surface area (Å²) in [5.74, 6) is -0.171. The number of rotatable bonds is 3. The maximum Gasteiger partial charge on any atom is 0.253 e. The molecule has 0 aliphatic carbocycles. The third-order valence-corrected chi connectivity index (χ3v) is 2.53. The first-order valence-electron chi connectivity index (χ1n) is 5.30. The summed E-state index contributed by atoms with van der Waals surface area (Å²) in [6.07, 6.45) is 1.64. The Morgan fingerprint density at radius 3 is 2.94 bits per heavy atom. The van der Waals surface area contributed by atoms with Crippen molar-refractivity contribution in [2.24, 2.45) is 0 Å². The smallest absolute Gasteiger partial charge is 0.253 e. The number of aromatic nitrogens is 2. The van der Waals surface area contributed by atoms with E-state index in [2.05, 4.69) is 15.5 Å². The molecule has 88 valence electrons. The van der Waals surface area contributed by atoms with Crippen molar-refractivity contribution in [3.63, 3.8) is 0 Å². The molecule has 1 heterocycles. The Bertz CT molecular complexity index is 499. The number of aryl methyl sites for hydroxylation is 1. The molecule has 4 N–H and O–H groups in total. The highest BCUT2D eigenvalue weighted by molar-refractivity contribution is 6.00. The molecule has 2 rings (SSSR count). The van der Waals surface area contributed by atoms with Gasteiger partial charge in [0.2, 0.25) is 0 Å². The number of nitrogens with zero attached hydrogens (tertiary/aromatic N) is 1. The molecule has 17 heavy (non-hydrogen) atoms. The molecule has 0 unspecified atom stereocenters. The van der Waals surface area contributed by atoms with E-state index < -0.39 is 0 Å². The van der Waals surface area contributed by atoms with Gasteiger partial charge in [-0.15, -0.1) is 0 Å². The van der Waals surface area contributed by atoms with Crippen molar-refractivity contribution in [2.45, 2.75) is 13.5 Å². The Balaban J connectivity index is 2.10. The number of H-pyrrole nitrogens is 1. The Morgan fingerprint density at radius 2 is 2.29 bits per heavy atom. The van der Waals surface area contributed by atoms with E-state index >= 15 is 0 Å². The van der Waals surface area contributed by atoms with Gasteiger partial charge >= 0.3 is 0 Å². The Labute approximate surface area is 99.0 Å². The van der Waals surface area contributed by atoms with E-state index in [9.17, 15) is 4.79 Å². The van der Waals surface area contributed by atoms with Gasteiger partial charge in [0.1, 0.15) is 0 Å². The third-order valence-electron chi connectivity index (χ3n) is 2.53. The summed E-state index contributed by atoms with van der Waals surface area (Å²) in [5.41, 5.74) is 8.54. The van der Waals surface area contributed by atoms with E-state index in [1.54, 1.807) is 12.3 Å². The quantitative estimate of drug-likeness (QED) is 0.693. The molecule has 0 saturated carbocycles. The fourth-order valence-electron chi connectivity index (χ4n) is 1.65. The summed E-state index contributed by atoms with van der Waals surface area (Å²) < 4.78 is 0. The molecule has 0 aliphatic rings. The summed E-state index contributed by atoms with van der Waals surface area (Å²) in [6, 6.07) is 7.22. The number of benzene rings is 1. The van der Waals surface area contributed by atoms with Crippen LogP contribution < -0.4 is 11.1 Å². The number of hydrogen-bond acceptors (Lipinski definition) is 3. The molecule has 0 aliphatic heterocycles. The normalized spacial score (nSPS) is 10.2. The van der Waals surface area contributed by atoms with Crippen LogP contribution in [0.1, 0.15) is 21.6 Å². The zero-order valence-electron chi connectivity index (χ0n) is 9.53. The average molecular weight is 230 g/mol. The van der Waals surface area contributed by atoms with E-state index in [1.807, 2.05) is 25.1 Å². The maximum atomic E-state index is 12.0. The van der Waals surface area contributed by atoms with E-state index in [-0.39, 0.29) is 5.91 Å². The van der Waals surface area contributed by atoms with Crippen LogP contribution in [-0.2, 0) is 6.54 Å². The number of nitrogens with one attached hydrogen (secondary N) is 2. The van der Waals surface area contributed by atoms with Crippen LogP contribution >= 0.6 is 0 Å². The van der Waals surface area contributed by atoms with Gasteiger partial charge in [0.25, 0.3) is 5.91 Å². The zero-order valence-corrected chi connectivity index (χ0v) is 9.53. The Hall–Kier alpha value is -2.30. The monoisotopic (exact) mass is 230 g/mol. The minimum atomic E-state index is -0.171. The van der Waals surface area contributed by atoms with Crippen LogP contribution in [0, 0.1) is 6.92 Å². The number of nitrogen functional groups attached to an aromatic ring is 1. The van der Waals surface area contributed by atoms with Crippen LogP contribution in [0.25, 0.3) is 0 Å². The molecule has 0 atom stereocenters. The molecule has 1 aromatic carbocycles. The number of nitrogens with two attached hydrogens (primary N) is 1. The van der Waals surface area contributed by atoms with Crippen LogP contribution in [-0.4, -0.2) is 16.1 Å². The molecule has 5 heteroatoms. The second-order valence-corrected chi connectivity index (χ2v) is 3.80. The summed E-state index contributed by atoms with van der Waals surface area (Å²) in [6.45, 7) is 2.27. The Morgan fingerprint density at radius 1 is 1.47 bits per heavy atom. The number of carbonyl (C=O) groups is 1. The van der Waals surface area contributed by atoms with Gasteiger partial charge in [-0.1, -0.05) is 12.1 Å². The van der Waals surface area contributed by atoms with Gasteiger partial charge in [0.15, 0.2) is 0 Å². The molecule has 1 aromatic heterocycles. The molecule has 0 bridgehead atoms. The van der Waals surface area contributed by atoms with Gasteiger partial charge < -0.3 is 11.1 Å². The third kappa shape index (κ3) is 2.44. The first-order chi connectivity index (χ1) is 8.18. The lowest BCUT2D eigenvalue weighted by Gasteiger charge is -2.09. The van der Waals surface area contributed by atoms with Crippen molar-refractivity contribution in [3.05, 3.63) is 47.3 Å².